The minimum Gasteiger partial charge on any atom is -0.343 e. The number of tetrazole rings is 1. The van der Waals surface area contributed by atoms with Crippen molar-refractivity contribution >= 4 is 29.1 Å². The number of carbonyl (C=O) groups excluding carboxylic acids is 2. The Balaban J connectivity index is 1.29. The van der Waals surface area contributed by atoms with E-state index in [4.69, 9.17) is 11.6 Å². The van der Waals surface area contributed by atoms with Crippen molar-refractivity contribution in [2.45, 2.75) is 25.8 Å². The molecule has 3 aromatic rings. The first kappa shape index (κ1) is 21.0. The Morgan fingerprint density at radius 1 is 1.06 bits per heavy atom. The quantitative estimate of drug-likeness (QED) is 0.637. The van der Waals surface area contributed by atoms with Crippen LogP contribution in [0, 0.1) is 5.92 Å². The number of nitrogens with zero attached hydrogens (tertiary/aromatic N) is 5. The molecule has 1 aromatic heterocycles. The first-order valence-corrected chi connectivity index (χ1v) is 10.6. The zero-order valence-corrected chi connectivity index (χ0v) is 17.7. The molecule has 0 spiro atoms. The number of nitrogens with one attached hydrogen (secondary N) is 1. The lowest BCUT2D eigenvalue weighted by Crippen LogP contribution is -2.41. The van der Waals surface area contributed by atoms with Crippen LogP contribution in [0.1, 0.15) is 19.3 Å². The summed E-state index contributed by atoms with van der Waals surface area (Å²) >= 11 is 6.09. The topological polar surface area (TPSA) is 93.0 Å². The van der Waals surface area contributed by atoms with Gasteiger partial charge in [-0.25, -0.2) is 4.68 Å². The second kappa shape index (κ2) is 9.70. The molecule has 2 amide bonds. The van der Waals surface area contributed by atoms with Crippen molar-refractivity contribution < 1.29 is 9.59 Å². The number of likely N-dealkylation sites (tertiary alicyclic amines) is 1. The standard InChI is InChI=1S/C22H23ClN6O2/c23-19-5-1-3-17(13-19)18-4-2-6-20(14-18)25-22(31)16-7-10-28(11-8-16)21(30)9-12-29-15-24-26-27-29/h1-6,13-16H,7-12H2,(H,25,31). The molecule has 8 nitrogen and oxygen atoms in total. The Hall–Kier alpha value is -3.26. The van der Waals surface area contributed by atoms with Gasteiger partial charge in [0.2, 0.25) is 11.8 Å². The van der Waals surface area contributed by atoms with Crippen LogP contribution >= 0.6 is 11.6 Å². The third-order valence-corrected chi connectivity index (χ3v) is 5.69. The normalized spacial score (nSPS) is 14.4. The molecule has 1 fully saturated rings. The third-order valence-electron chi connectivity index (χ3n) is 5.45. The molecule has 0 unspecified atom stereocenters. The summed E-state index contributed by atoms with van der Waals surface area (Å²) in [4.78, 5) is 27.0. The summed E-state index contributed by atoms with van der Waals surface area (Å²) in [5.74, 6) is -0.0639. The smallest absolute Gasteiger partial charge is 0.227 e. The lowest BCUT2D eigenvalue weighted by atomic mass is 9.95. The minimum atomic E-state index is -0.113. The summed E-state index contributed by atoms with van der Waals surface area (Å²) < 4.78 is 1.54. The van der Waals surface area contributed by atoms with Gasteiger partial charge in [0, 0.05) is 36.1 Å². The molecule has 0 aliphatic carbocycles. The fourth-order valence-electron chi connectivity index (χ4n) is 3.73. The number of hydrogen-bond donors (Lipinski definition) is 1. The van der Waals surface area contributed by atoms with Crippen LogP contribution < -0.4 is 5.32 Å². The molecule has 0 saturated carbocycles. The number of aromatic nitrogens is 4. The van der Waals surface area contributed by atoms with E-state index in [2.05, 4.69) is 20.8 Å². The van der Waals surface area contributed by atoms with Crippen LogP contribution in [0.5, 0.6) is 0 Å². The maximum absolute atomic E-state index is 12.8. The SMILES string of the molecule is O=C(Nc1cccc(-c2cccc(Cl)c2)c1)C1CCN(C(=O)CCn2cnnn2)CC1. The van der Waals surface area contributed by atoms with E-state index in [1.165, 1.54) is 11.0 Å². The number of rotatable bonds is 6. The number of anilines is 1. The van der Waals surface area contributed by atoms with Crippen molar-refractivity contribution in [1.82, 2.24) is 25.1 Å². The van der Waals surface area contributed by atoms with Crippen LogP contribution in [0.4, 0.5) is 5.69 Å². The molecule has 0 radical (unpaired) electrons. The summed E-state index contributed by atoms with van der Waals surface area (Å²) in [6.45, 7) is 1.61. The number of aryl methyl sites for hydroxylation is 1. The van der Waals surface area contributed by atoms with Crippen LogP contribution in [0.3, 0.4) is 0 Å². The average Bonchev–Trinajstić information content (AvgIpc) is 3.31. The van der Waals surface area contributed by atoms with E-state index in [0.717, 1.165) is 16.8 Å². The van der Waals surface area contributed by atoms with Gasteiger partial charge >= 0.3 is 0 Å². The molecule has 1 aliphatic rings. The van der Waals surface area contributed by atoms with Crippen LogP contribution in [0.15, 0.2) is 54.9 Å². The van der Waals surface area contributed by atoms with Crippen molar-refractivity contribution in [2.24, 2.45) is 5.92 Å². The van der Waals surface area contributed by atoms with Gasteiger partial charge in [0.25, 0.3) is 0 Å². The molecule has 31 heavy (non-hydrogen) atoms. The molecule has 2 aromatic carbocycles. The Morgan fingerprint density at radius 2 is 1.81 bits per heavy atom. The number of piperidine rings is 1. The number of carbonyl (C=O) groups is 2. The van der Waals surface area contributed by atoms with Gasteiger partial charge < -0.3 is 10.2 Å². The molecule has 2 heterocycles. The zero-order chi connectivity index (χ0) is 21.6. The van der Waals surface area contributed by atoms with Crippen LogP contribution in [0.2, 0.25) is 5.02 Å². The molecule has 1 saturated heterocycles. The highest BCUT2D eigenvalue weighted by Crippen LogP contribution is 2.26. The van der Waals surface area contributed by atoms with Gasteiger partial charge in [-0.1, -0.05) is 35.9 Å². The van der Waals surface area contributed by atoms with E-state index in [0.29, 0.717) is 43.9 Å². The summed E-state index contributed by atoms with van der Waals surface area (Å²) in [5, 5.41) is 14.6. The molecule has 9 heteroatoms. The second-order valence-corrected chi connectivity index (χ2v) is 7.99. The van der Waals surface area contributed by atoms with E-state index in [9.17, 15) is 9.59 Å². The van der Waals surface area contributed by atoms with E-state index in [1.807, 2.05) is 53.4 Å². The second-order valence-electron chi connectivity index (χ2n) is 7.56. The van der Waals surface area contributed by atoms with E-state index >= 15 is 0 Å². The van der Waals surface area contributed by atoms with Crippen molar-refractivity contribution in [3.63, 3.8) is 0 Å². The predicted molar refractivity (Wildman–Crippen MR) is 117 cm³/mol. The van der Waals surface area contributed by atoms with Gasteiger partial charge in [-0.05, 0) is 58.7 Å². The van der Waals surface area contributed by atoms with E-state index in [1.54, 1.807) is 0 Å². The molecule has 1 aliphatic heterocycles. The molecule has 0 atom stereocenters. The molecule has 160 valence electrons. The lowest BCUT2D eigenvalue weighted by molar-refractivity contribution is -0.134. The fourth-order valence-corrected chi connectivity index (χ4v) is 3.92. The Morgan fingerprint density at radius 3 is 2.52 bits per heavy atom. The first-order chi connectivity index (χ1) is 15.1. The monoisotopic (exact) mass is 438 g/mol. The maximum atomic E-state index is 12.8. The summed E-state index contributed by atoms with van der Waals surface area (Å²) in [6, 6.07) is 15.3. The molecular weight excluding hydrogens is 416 g/mol. The predicted octanol–water partition coefficient (Wildman–Crippen LogP) is 3.26. The number of halogens is 1. The highest BCUT2D eigenvalue weighted by molar-refractivity contribution is 6.30. The van der Waals surface area contributed by atoms with Crippen LogP contribution in [-0.4, -0.2) is 50.0 Å². The molecule has 1 N–H and O–H groups in total. The van der Waals surface area contributed by atoms with Crippen LogP contribution in [0.25, 0.3) is 11.1 Å². The molecular formula is C22H23ClN6O2. The van der Waals surface area contributed by atoms with Gasteiger partial charge in [0.1, 0.15) is 6.33 Å². The van der Waals surface area contributed by atoms with Crippen LogP contribution in [-0.2, 0) is 16.1 Å². The number of hydrogen-bond acceptors (Lipinski definition) is 5. The van der Waals surface area contributed by atoms with Crippen molar-refractivity contribution in [3.05, 3.63) is 59.9 Å². The lowest BCUT2D eigenvalue weighted by Gasteiger charge is -2.31. The van der Waals surface area contributed by atoms with Gasteiger partial charge in [0.05, 0.1) is 6.54 Å². The third kappa shape index (κ3) is 5.46. The maximum Gasteiger partial charge on any atom is 0.227 e. The zero-order valence-electron chi connectivity index (χ0n) is 16.9. The van der Waals surface area contributed by atoms with Crippen molar-refractivity contribution in [3.8, 4) is 11.1 Å². The highest BCUT2D eigenvalue weighted by atomic mass is 35.5. The molecule has 0 bridgehead atoms. The molecule has 4 rings (SSSR count). The van der Waals surface area contributed by atoms with Crippen molar-refractivity contribution in [1.29, 1.82) is 0 Å². The Bertz CT molecular complexity index is 1050. The Kier molecular flexibility index (Phi) is 6.57. The van der Waals surface area contributed by atoms with Gasteiger partial charge in [0.15, 0.2) is 0 Å². The summed E-state index contributed by atoms with van der Waals surface area (Å²) in [6.07, 6.45) is 3.14. The van der Waals surface area contributed by atoms with Gasteiger partial charge in [-0.15, -0.1) is 5.10 Å². The average molecular weight is 439 g/mol. The number of benzene rings is 2. The fraction of sp³-hybridized carbons (Fsp3) is 0.318. The van der Waals surface area contributed by atoms with E-state index < -0.39 is 0 Å². The highest BCUT2D eigenvalue weighted by Gasteiger charge is 2.27. The largest absolute Gasteiger partial charge is 0.343 e. The van der Waals surface area contributed by atoms with Gasteiger partial charge in [-0.3, -0.25) is 9.59 Å². The first-order valence-electron chi connectivity index (χ1n) is 10.2. The summed E-state index contributed by atoms with van der Waals surface area (Å²) in [5.41, 5.74) is 2.74. The van der Waals surface area contributed by atoms with Crippen molar-refractivity contribution in [2.75, 3.05) is 18.4 Å². The minimum absolute atomic E-state index is 0.0102. The summed E-state index contributed by atoms with van der Waals surface area (Å²) in [7, 11) is 0. The number of amides is 2. The Labute approximate surface area is 185 Å². The van der Waals surface area contributed by atoms with E-state index in [-0.39, 0.29) is 17.7 Å². The van der Waals surface area contributed by atoms with Gasteiger partial charge in [-0.2, -0.15) is 0 Å².